The molecule has 0 amide bonds. The zero-order valence-corrected chi connectivity index (χ0v) is 23.4. The van der Waals surface area contributed by atoms with E-state index in [0.717, 1.165) is 5.56 Å². The highest BCUT2D eigenvalue weighted by Gasteiger charge is 2.33. The third-order valence-electron chi connectivity index (χ3n) is 4.22. The molecule has 0 fully saturated rings. The van der Waals surface area contributed by atoms with Gasteiger partial charge in [-0.1, -0.05) is 96.4 Å². The second-order valence-electron chi connectivity index (χ2n) is 7.78. The van der Waals surface area contributed by atoms with Crippen molar-refractivity contribution in [3.63, 3.8) is 0 Å². The van der Waals surface area contributed by atoms with Crippen LogP contribution < -0.4 is 4.52 Å². The van der Waals surface area contributed by atoms with Crippen LogP contribution in [0.3, 0.4) is 0 Å². The van der Waals surface area contributed by atoms with E-state index in [1.807, 2.05) is 26.8 Å². The predicted octanol–water partition coefficient (Wildman–Crippen LogP) is 9.43. The highest BCUT2D eigenvalue weighted by molar-refractivity contribution is 7.39. The third-order valence-corrected chi connectivity index (χ3v) is 6.59. The molecule has 2 unspecified atom stereocenters. The molecule has 0 aliphatic carbocycles. The lowest BCUT2D eigenvalue weighted by molar-refractivity contribution is 0.372. The van der Waals surface area contributed by atoms with Gasteiger partial charge < -0.3 is 14.3 Å². The van der Waals surface area contributed by atoms with Crippen molar-refractivity contribution >= 4 is 101 Å². The minimum Gasteiger partial charge on any atom is -0.427 e. The first kappa shape index (κ1) is 29.7. The van der Waals surface area contributed by atoms with Crippen molar-refractivity contribution in [1.29, 1.82) is 0 Å². The van der Waals surface area contributed by atoms with E-state index in [9.17, 15) is 9.79 Å². The lowest BCUT2D eigenvalue weighted by Gasteiger charge is -2.31. The normalized spacial score (nSPS) is 15.4. The Morgan fingerprint density at radius 2 is 1.27 bits per heavy atom. The van der Waals surface area contributed by atoms with Crippen LogP contribution in [0.25, 0.3) is 0 Å². The SMILES string of the molecule is CC(C)(C)c1ccc(OP(O)O)c(C(Cl)CCC(Cl)(Cl)Cl)c1C(Cl)CCC(Cl)(Cl)Cl. The highest BCUT2D eigenvalue weighted by atomic mass is 35.6. The summed E-state index contributed by atoms with van der Waals surface area (Å²) < 4.78 is 2.30. The number of rotatable bonds is 8. The van der Waals surface area contributed by atoms with Crippen LogP contribution in [0.2, 0.25) is 0 Å². The van der Waals surface area contributed by atoms with E-state index in [1.54, 1.807) is 6.07 Å². The van der Waals surface area contributed by atoms with E-state index in [4.69, 9.17) is 97.3 Å². The second-order valence-corrected chi connectivity index (χ2v) is 14.5. The van der Waals surface area contributed by atoms with E-state index < -0.39 is 26.9 Å². The van der Waals surface area contributed by atoms with Gasteiger partial charge in [-0.15, -0.1) is 23.2 Å². The smallest absolute Gasteiger partial charge is 0.391 e. The van der Waals surface area contributed by atoms with Gasteiger partial charge in [-0.25, -0.2) is 0 Å². The lowest BCUT2D eigenvalue weighted by atomic mass is 9.79. The van der Waals surface area contributed by atoms with E-state index in [2.05, 4.69) is 0 Å². The average molecular weight is 602 g/mol. The number of benzene rings is 1. The van der Waals surface area contributed by atoms with E-state index in [0.29, 0.717) is 17.5 Å². The minimum absolute atomic E-state index is 0.165. The second kappa shape index (κ2) is 11.9. The number of halogens is 8. The number of hydrogen-bond acceptors (Lipinski definition) is 3. The minimum atomic E-state index is -2.69. The summed E-state index contributed by atoms with van der Waals surface area (Å²) in [6.07, 6.45) is 0.975. The molecule has 1 aromatic carbocycles. The summed E-state index contributed by atoms with van der Waals surface area (Å²) in [7, 11) is -2.69. The highest BCUT2D eigenvalue weighted by Crippen LogP contribution is 2.50. The Balaban J connectivity index is 3.58. The number of alkyl halides is 8. The molecule has 12 heteroatoms. The maximum Gasteiger partial charge on any atom is 0.391 e. The summed E-state index contributed by atoms with van der Waals surface area (Å²) in [5.41, 5.74) is 1.76. The zero-order valence-electron chi connectivity index (χ0n) is 16.4. The fourth-order valence-electron chi connectivity index (χ4n) is 2.97. The maximum atomic E-state index is 9.45. The van der Waals surface area contributed by atoms with Gasteiger partial charge in [-0.05, 0) is 48.3 Å². The van der Waals surface area contributed by atoms with Crippen LogP contribution in [-0.2, 0) is 5.41 Å². The molecule has 0 aliphatic heterocycles. The Hall–Kier alpha value is 1.69. The average Bonchev–Trinajstić information content (AvgIpc) is 2.54. The Morgan fingerprint density at radius 1 is 0.833 bits per heavy atom. The standard InChI is InChI=1S/C18H23Cl8O3P/c1-16(2,3)10-4-5-13(29-30(27)28)15(12(20)7-9-18(24,25)26)14(10)11(19)6-8-17(21,22)23/h4-5,11-12,27-28H,6-9H2,1-3H3. The first-order valence-electron chi connectivity index (χ1n) is 8.87. The molecule has 1 aromatic rings. The van der Waals surface area contributed by atoms with Crippen LogP contribution in [0.5, 0.6) is 5.75 Å². The predicted molar refractivity (Wildman–Crippen MR) is 133 cm³/mol. The van der Waals surface area contributed by atoms with E-state index >= 15 is 0 Å². The van der Waals surface area contributed by atoms with Gasteiger partial charge in [0.05, 0.1) is 10.8 Å². The van der Waals surface area contributed by atoms with Crippen LogP contribution in [0.4, 0.5) is 0 Å². The Labute approximate surface area is 219 Å². The molecule has 1 rings (SSSR count). The molecule has 0 radical (unpaired) electrons. The van der Waals surface area contributed by atoms with Gasteiger partial charge in [-0.3, -0.25) is 0 Å². The molecule has 0 saturated heterocycles. The molecule has 0 aromatic heterocycles. The zero-order chi connectivity index (χ0) is 23.5. The Bertz CT molecular complexity index is 698. The molecule has 0 spiro atoms. The van der Waals surface area contributed by atoms with Crippen molar-refractivity contribution in [2.45, 2.75) is 70.2 Å². The summed E-state index contributed by atoms with van der Waals surface area (Å²) in [5, 5.41) is -1.28. The van der Waals surface area contributed by atoms with Crippen LogP contribution in [0.15, 0.2) is 12.1 Å². The summed E-state index contributed by atoms with van der Waals surface area (Å²) in [6, 6.07) is 3.45. The molecule has 2 atom stereocenters. The van der Waals surface area contributed by atoms with E-state index in [1.165, 1.54) is 0 Å². The van der Waals surface area contributed by atoms with Gasteiger partial charge in [0.25, 0.3) is 0 Å². The first-order valence-corrected chi connectivity index (χ1v) is 13.2. The summed E-state index contributed by atoms with van der Waals surface area (Å²) in [5.74, 6) is 0.193. The topological polar surface area (TPSA) is 49.7 Å². The summed E-state index contributed by atoms with van der Waals surface area (Å²) >= 11 is 48.9. The molecule has 3 nitrogen and oxygen atoms in total. The fourth-order valence-corrected chi connectivity index (χ4v) is 4.64. The Morgan fingerprint density at radius 3 is 1.63 bits per heavy atom. The molecule has 0 saturated carbocycles. The van der Waals surface area contributed by atoms with Crippen molar-refractivity contribution in [3.05, 3.63) is 28.8 Å². The van der Waals surface area contributed by atoms with Crippen molar-refractivity contribution < 1.29 is 14.3 Å². The van der Waals surface area contributed by atoms with E-state index in [-0.39, 0.29) is 30.4 Å². The molecule has 30 heavy (non-hydrogen) atoms. The Kier molecular flexibility index (Phi) is 11.8. The fraction of sp³-hybridized carbons (Fsp3) is 0.667. The van der Waals surface area contributed by atoms with Gasteiger partial charge in [-0.2, -0.15) is 0 Å². The molecular weight excluding hydrogens is 579 g/mol. The van der Waals surface area contributed by atoms with Crippen LogP contribution in [-0.4, -0.2) is 17.4 Å². The summed E-state index contributed by atoms with van der Waals surface area (Å²) in [4.78, 5) is 18.9. The van der Waals surface area contributed by atoms with Crippen LogP contribution in [0.1, 0.15) is 73.9 Å². The van der Waals surface area contributed by atoms with Crippen LogP contribution >= 0.6 is 101 Å². The van der Waals surface area contributed by atoms with Gasteiger partial charge in [0.1, 0.15) is 5.75 Å². The molecule has 0 aliphatic rings. The van der Waals surface area contributed by atoms with Crippen molar-refractivity contribution in [2.75, 3.05) is 0 Å². The summed E-state index contributed by atoms with van der Waals surface area (Å²) in [6.45, 7) is 6.05. The molecule has 0 heterocycles. The van der Waals surface area contributed by atoms with Crippen LogP contribution in [0, 0.1) is 0 Å². The molecular formula is C18H23Cl8O3P. The lowest BCUT2D eigenvalue weighted by Crippen LogP contribution is -2.19. The molecule has 0 bridgehead atoms. The quantitative estimate of drug-likeness (QED) is 0.230. The molecule has 174 valence electrons. The van der Waals surface area contributed by atoms with Crippen molar-refractivity contribution in [3.8, 4) is 5.75 Å². The van der Waals surface area contributed by atoms with Gasteiger partial charge >= 0.3 is 8.60 Å². The molecule has 2 N–H and O–H groups in total. The van der Waals surface area contributed by atoms with Crippen molar-refractivity contribution in [2.24, 2.45) is 0 Å². The van der Waals surface area contributed by atoms with Gasteiger partial charge in [0.15, 0.2) is 7.59 Å². The van der Waals surface area contributed by atoms with Gasteiger partial charge in [0.2, 0.25) is 0 Å². The largest absolute Gasteiger partial charge is 0.427 e. The van der Waals surface area contributed by atoms with Crippen molar-refractivity contribution in [1.82, 2.24) is 0 Å². The monoisotopic (exact) mass is 598 g/mol. The number of hydrogen-bond donors (Lipinski definition) is 2. The maximum absolute atomic E-state index is 9.45. The first-order chi connectivity index (χ1) is 13.4. The third kappa shape index (κ3) is 10.3. The van der Waals surface area contributed by atoms with Gasteiger partial charge in [0, 0.05) is 5.56 Å².